The number of pyridine rings is 1. The third kappa shape index (κ3) is 2.99. The number of carbonyl (C=O) groups excluding carboxylic acids is 1. The Morgan fingerprint density at radius 2 is 1.85 bits per heavy atom. The van der Waals surface area contributed by atoms with E-state index < -0.39 is 17.8 Å². The van der Waals surface area contributed by atoms with Gasteiger partial charge in [0.25, 0.3) is 5.91 Å². The van der Waals surface area contributed by atoms with Crippen molar-refractivity contribution in [3.8, 4) is 0 Å². The van der Waals surface area contributed by atoms with Gasteiger partial charge in [-0.3, -0.25) is 4.79 Å². The number of amides is 1. The third-order valence-electron chi connectivity index (χ3n) is 2.27. The van der Waals surface area contributed by atoms with Crippen LogP contribution in [0.1, 0.15) is 16.1 Å². The lowest BCUT2D eigenvalue weighted by Gasteiger charge is -2.12. The maximum absolute atomic E-state index is 12.6. The Labute approximate surface area is 110 Å². The summed E-state index contributed by atoms with van der Waals surface area (Å²) in [5.41, 5.74) is 4.07. The fraction of sp³-hybridized carbons (Fsp3) is 0.0909. The number of nitrogens with two attached hydrogens (primary N) is 1. The number of nitrogens with zero attached hydrogens (tertiary/aromatic N) is 3. The highest BCUT2D eigenvalue weighted by molar-refractivity contribution is 5.98. The summed E-state index contributed by atoms with van der Waals surface area (Å²) in [4.78, 5) is 21.9. The monoisotopic (exact) mass is 283 g/mol. The highest BCUT2D eigenvalue weighted by atomic mass is 19.4. The number of hydrogen-bond acceptors (Lipinski definition) is 5. The molecule has 9 heteroatoms. The van der Waals surface area contributed by atoms with Gasteiger partial charge in [0.1, 0.15) is 17.8 Å². The normalized spacial score (nSPS) is 11.2. The van der Waals surface area contributed by atoms with E-state index in [0.29, 0.717) is 6.07 Å². The summed E-state index contributed by atoms with van der Waals surface area (Å²) in [6.45, 7) is 0. The molecule has 20 heavy (non-hydrogen) atoms. The Morgan fingerprint density at radius 1 is 1.20 bits per heavy atom. The molecule has 0 aliphatic heterocycles. The summed E-state index contributed by atoms with van der Waals surface area (Å²) in [5, 5.41) is 2.53. The zero-order valence-corrected chi connectivity index (χ0v) is 9.85. The maximum Gasteiger partial charge on any atom is 0.433 e. The Morgan fingerprint density at radius 3 is 2.40 bits per heavy atom. The van der Waals surface area contributed by atoms with E-state index in [9.17, 15) is 18.0 Å². The molecule has 0 radical (unpaired) electrons. The van der Waals surface area contributed by atoms with Crippen molar-refractivity contribution in [2.75, 3.05) is 5.32 Å². The fourth-order valence-electron chi connectivity index (χ4n) is 1.41. The first-order valence-corrected chi connectivity index (χ1v) is 5.28. The van der Waals surface area contributed by atoms with Gasteiger partial charge >= 0.3 is 6.18 Å². The van der Waals surface area contributed by atoms with Crippen molar-refractivity contribution in [3.05, 3.63) is 42.1 Å². The Bertz CT molecular complexity index is 630. The van der Waals surface area contributed by atoms with Crippen molar-refractivity contribution < 1.29 is 18.0 Å². The minimum atomic E-state index is -4.63. The van der Waals surface area contributed by atoms with Crippen LogP contribution in [0.4, 0.5) is 24.7 Å². The van der Waals surface area contributed by atoms with Crippen LogP contribution in [-0.4, -0.2) is 20.9 Å². The van der Waals surface area contributed by atoms with Gasteiger partial charge in [-0.05, 0) is 12.1 Å². The van der Waals surface area contributed by atoms with Crippen LogP contribution < -0.4 is 11.1 Å². The van der Waals surface area contributed by atoms with Crippen molar-refractivity contribution in [3.63, 3.8) is 0 Å². The summed E-state index contributed by atoms with van der Waals surface area (Å²) >= 11 is 0. The van der Waals surface area contributed by atoms with Crippen molar-refractivity contribution in [2.24, 2.45) is 5.73 Å². The molecule has 2 aromatic heterocycles. The molecule has 0 atom stereocenters. The number of hydrogen-bond donors (Lipinski definition) is 2. The van der Waals surface area contributed by atoms with E-state index in [2.05, 4.69) is 20.3 Å². The zero-order chi connectivity index (χ0) is 14.8. The van der Waals surface area contributed by atoms with Gasteiger partial charge in [-0.15, -0.1) is 0 Å². The molecule has 0 aromatic carbocycles. The molecule has 1 amide bonds. The molecular weight excluding hydrogens is 275 g/mol. The topological polar surface area (TPSA) is 93.8 Å². The van der Waals surface area contributed by atoms with Crippen LogP contribution in [0.15, 0.2) is 30.9 Å². The predicted molar refractivity (Wildman–Crippen MR) is 63.1 cm³/mol. The molecule has 0 aliphatic carbocycles. The summed E-state index contributed by atoms with van der Waals surface area (Å²) < 4.78 is 37.8. The van der Waals surface area contributed by atoms with Crippen LogP contribution in [0.25, 0.3) is 0 Å². The predicted octanol–water partition coefficient (Wildman–Crippen LogP) is 1.73. The van der Waals surface area contributed by atoms with Gasteiger partial charge in [0.15, 0.2) is 0 Å². The van der Waals surface area contributed by atoms with Gasteiger partial charge in [0.2, 0.25) is 0 Å². The molecule has 2 heterocycles. The molecule has 0 fully saturated rings. The number of rotatable bonds is 3. The third-order valence-corrected chi connectivity index (χ3v) is 2.27. The highest BCUT2D eigenvalue weighted by Crippen LogP contribution is 2.30. The standard InChI is InChI=1S/C11H8F3N5O/c12-11(13,14)8-2-1-7(9(15)20)10(19-8)18-6-3-16-5-17-4-6/h1-5H,(H2,15,20)(H,18,19). The molecule has 0 unspecified atom stereocenters. The first kappa shape index (κ1) is 13.7. The molecule has 0 aliphatic rings. The van der Waals surface area contributed by atoms with E-state index in [1.54, 1.807) is 0 Å². The van der Waals surface area contributed by atoms with Gasteiger partial charge in [-0.1, -0.05) is 0 Å². The smallest absolute Gasteiger partial charge is 0.365 e. The second kappa shape index (κ2) is 5.11. The van der Waals surface area contributed by atoms with E-state index in [-0.39, 0.29) is 17.1 Å². The van der Waals surface area contributed by atoms with E-state index >= 15 is 0 Å². The minimum Gasteiger partial charge on any atom is -0.365 e. The second-order valence-electron chi connectivity index (χ2n) is 3.71. The van der Waals surface area contributed by atoms with E-state index in [4.69, 9.17) is 5.73 Å². The Hall–Kier alpha value is -2.71. The van der Waals surface area contributed by atoms with E-state index in [1.807, 2.05) is 0 Å². The van der Waals surface area contributed by atoms with Crippen LogP contribution in [-0.2, 0) is 6.18 Å². The molecular formula is C11H8F3N5O. The average Bonchev–Trinajstić information content (AvgIpc) is 2.38. The van der Waals surface area contributed by atoms with Crippen molar-refractivity contribution in [1.82, 2.24) is 15.0 Å². The lowest BCUT2D eigenvalue weighted by Crippen LogP contribution is -2.17. The summed E-state index contributed by atoms with van der Waals surface area (Å²) in [6.07, 6.45) is -0.737. The number of halogens is 3. The van der Waals surface area contributed by atoms with Crippen molar-refractivity contribution in [2.45, 2.75) is 6.18 Å². The van der Waals surface area contributed by atoms with Gasteiger partial charge in [-0.2, -0.15) is 13.2 Å². The van der Waals surface area contributed by atoms with Gasteiger partial charge in [0.05, 0.1) is 23.6 Å². The van der Waals surface area contributed by atoms with E-state index in [0.717, 1.165) is 6.07 Å². The Balaban J connectivity index is 2.45. The molecule has 3 N–H and O–H groups in total. The molecule has 0 bridgehead atoms. The van der Waals surface area contributed by atoms with Crippen molar-refractivity contribution >= 4 is 17.4 Å². The highest BCUT2D eigenvalue weighted by Gasteiger charge is 2.33. The average molecular weight is 283 g/mol. The molecule has 2 rings (SSSR count). The van der Waals surface area contributed by atoms with Gasteiger partial charge < -0.3 is 11.1 Å². The summed E-state index contributed by atoms with van der Waals surface area (Å²) in [7, 11) is 0. The number of primary amides is 1. The SMILES string of the molecule is NC(=O)c1ccc(C(F)(F)F)nc1Nc1cncnc1. The molecule has 0 saturated heterocycles. The van der Waals surface area contributed by atoms with E-state index in [1.165, 1.54) is 18.7 Å². The molecule has 0 saturated carbocycles. The van der Waals surface area contributed by atoms with Crippen LogP contribution >= 0.6 is 0 Å². The molecule has 2 aromatic rings. The first-order valence-electron chi connectivity index (χ1n) is 5.28. The van der Waals surface area contributed by atoms with Crippen LogP contribution in [0.3, 0.4) is 0 Å². The molecule has 6 nitrogen and oxygen atoms in total. The zero-order valence-electron chi connectivity index (χ0n) is 9.85. The lowest BCUT2D eigenvalue weighted by atomic mass is 10.2. The minimum absolute atomic E-state index is 0.165. The lowest BCUT2D eigenvalue weighted by molar-refractivity contribution is -0.141. The van der Waals surface area contributed by atoms with Crippen LogP contribution in [0, 0.1) is 0 Å². The van der Waals surface area contributed by atoms with Crippen molar-refractivity contribution in [1.29, 1.82) is 0 Å². The number of anilines is 2. The fourth-order valence-corrected chi connectivity index (χ4v) is 1.41. The van der Waals surface area contributed by atoms with Crippen LogP contribution in [0.2, 0.25) is 0 Å². The second-order valence-corrected chi connectivity index (χ2v) is 3.71. The summed E-state index contributed by atoms with van der Waals surface area (Å²) in [6, 6.07) is 1.65. The molecule has 0 spiro atoms. The largest absolute Gasteiger partial charge is 0.433 e. The number of aromatic nitrogens is 3. The molecule has 104 valence electrons. The number of nitrogens with one attached hydrogen (secondary N) is 1. The summed E-state index contributed by atoms with van der Waals surface area (Å²) in [5.74, 6) is -1.20. The van der Waals surface area contributed by atoms with Crippen LogP contribution in [0.5, 0.6) is 0 Å². The first-order chi connectivity index (χ1) is 9.38. The van der Waals surface area contributed by atoms with Gasteiger partial charge in [-0.25, -0.2) is 15.0 Å². The quantitative estimate of drug-likeness (QED) is 0.894. The maximum atomic E-state index is 12.6. The van der Waals surface area contributed by atoms with Gasteiger partial charge in [0, 0.05) is 0 Å². The number of carbonyl (C=O) groups is 1. The number of alkyl halides is 3. The Kier molecular flexibility index (Phi) is 3.51.